The molecule has 0 aromatic rings. The van der Waals surface area contributed by atoms with Gasteiger partial charge in [-0.25, -0.2) is 0 Å². The minimum Gasteiger partial charge on any atom is -0.395 e. The molecule has 0 radical (unpaired) electrons. The Kier molecular flexibility index (Phi) is 10.9. The number of aliphatic hydroxyl groups is 1. The lowest BCUT2D eigenvalue weighted by molar-refractivity contribution is 0.0605. The van der Waals surface area contributed by atoms with Crippen LogP contribution in [0.25, 0.3) is 0 Å². The van der Waals surface area contributed by atoms with Crippen molar-refractivity contribution in [2.24, 2.45) is 0 Å². The molecule has 4 nitrogen and oxygen atoms in total. The zero-order valence-electron chi connectivity index (χ0n) is 11.8. The van der Waals surface area contributed by atoms with Crippen LogP contribution in [0.1, 0.15) is 40.5 Å². The van der Waals surface area contributed by atoms with Crippen molar-refractivity contribution in [1.82, 2.24) is 10.6 Å². The third-order valence-electron chi connectivity index (χ3n) is 2.83. The molecular formula is C13H30N2O2. The van der Waals surface area contributed by atoms with Crippen LogP contribution in [-0.2, 0) is 4.74 Å². The zero-order chi connectivity index (χ0) is 13.1. The molecule has 17 heavy (non-hydrogen) atoms. The molecule has 4 heteroatoms. The first-order chi connectivity index (χ1) is 8.13. The van der Waals surface area contributed by atoms with Crippen LogP contribution in [0.4, 0.5) is 0 Å². The summed E-state index contributed by atoms with van der Waals surface area (Å²) in [6.07, 6.45) is 2.33. The average molecular weight is 246 g/mol. The molecule has 0 aromatic heterocycles. The Morgan fingerprint density at radius 1 is 1.00 bits per heavy atom. The van der Waals surface area contributed by atoms with Crippen molar-refractivity contribution in [3.05, 3.63) is 0 Å². The molecule has 0 bridgehead atoms. The Morgan fingerprint density at radius 2 is 1.53 bits per heavy atom. The molecule has 0 aromatic carbocycles. The van der Waals surface area contributed by atoms with Crippen molar-refractivity contribution >= 4 is 0 Å². The molecule has 0 saturated heterocycles. The maximum atomic E-state index is 9.02. The fourth-order valence-corrected chi connectivity index (χ4v) is 1.52. The summed E-state index contributed by atoms with van der Waals surface area (Å²) in [5.41, 5.74) is 0. The molecule has 0 aliphatic rings. The van der Waals surface area contributed by atoms with E-state index in [1.807, 2.05) is 0 Å². The van der Waals surface area contributed by atoms with Gasteiger partial charge in [-0.3, -0.25) is 0 Å². The Bertz CT molecular complexity index is 161. The van der Waals surface area contributed by atoms with E-state index < -0.39 is 0 Å². The van der Waals surface area contributed by atoms with Crippen molar-refractivity contribution in [3.63, 3.8) is 0 Å². The van der Waals surface area contributed by atoms with Crippen LogP contribution in [-0.4, -0.2) is 49.6 Å². The summed E-state index contributed by atoms with van der Waals surface area (Å²) < 4.78 is 5.59. The maximum Gasteiger partial charge on any atom is 0.0622 e. The van der Waals surface area contributed by atoms with Gasteiger partial charge in [-0.1, -0.05) is 13.8 Å². The molecular weight excluding hydrogens is 216 g/mol. The van der Waals surface area contributed by atoms with Gasteiger partial charge in [0, 0.05) is 25.2 Å². The highest BCUT2D eigenvalue weighted by molar-refractivity contribution is 4.68. The van der Waals surface area contributed by atoms with E-state index >= 15 is 0 Å². The summed E-state index contributed by atoms with van der Waals surface area (Å²) in [4.78, 5) is 0. The standard InChI is InChI=1S/C13H30N2O2/c1-5-12(9-16)14-7-8-15-13(6-2)10-17-11(3)4/h11-16H,5-10H2,1-4H3. The van der Waals surface area contributed by atoms with Gasteiger partial charge in [-0.2, -0.15) is 0 Å². The van der Waals surface area contributed by atoms with E-state index in [4.69, 9.17) is 9.84 Å². The molecule has 2 unspecified atom stereocenters. The summed E-state index contributed by atoms with van der Waals surface area (Å²) in [5.74, 6) is 0. The highest BCUT2D eigenvalue weighted by atomic mass is 16.5. The van der Waals surface area contributed by atoms with Crippen molar-refractivity contribution in [3.8, 4) is 0 Å². The average Bonchev–Trinajstić information content (AvgIpc) is 2.32. The van der Waals surface area contributed by atoms with Crippen LogP contribution in [0, 0.1) is 0 Å². The smallest absolute Gasteiger partial charge is 0.0622 e. The monoisotopic (exact) mass is 246 g/mol. The van der Waals surface area contributed by atoms with E-state index in [1.54, 1.807) is 0 Å². The van der Waals surface area contributed by atoms with Gasteiger partial charge >= 0.3 is 0 Å². The predicted molar refractivity (Wildman–Crippen MR) is 72.3 cm³/mol. The number of ether oxygens (including phenoxy) is 1. The van der Waals surface area contributed by atoms with Crippen molar-refractivity contribution < 1.29 is 9.84 Å². The highest BCUT2D eigenvalue weighted by Crippen LogP contribution is 1.95. The normalized spacial score (nSPS) is 15.2. The molecule has 0 fully saturated rings. The topological polar surface area (TPSA) is 53.5 Å². The molecule has 0 aliphatic heterocycles. The van der Waals surface area contributed by atoms with Crippen LogP contribution in [0.2, 0.25) is 0 Å². The van der Waals surface area contributed by atoms with Gasteiger partial charge in [-0.15, -0.1) is 0 Å². The summed E-state index contributed by atoms with van der Waals surface area (Å²) in [7, 11) is 0. The second-order valence-corrected chi connectivity index (χ2v) is 4.68. The molecule has 2 atom stereocenters. The number of hydrogen-bond acceptors (Lipinski definition) is 4. The SMILES string of the molecule is CCC(CO)NCCNC(CC)COC(C)C. The van der Waals surface area contributed by atoms with Gasteiger partial charge in [0.2, 0.25) is 0 Å². The van der Waals surface area contributed by atoms with Gasteiger partial charge in [0.25, 0.3) is 0 Å². The minimum atomic E-state index is 0.212. The second-order valence-electron chi connectivity index (χ2n) is 4.68. The Labute approximate surface area is 106 Å². The van der Waals surface area contributed by atoms with Crippen molar-refractivity contribution in [2.75, 3.05) is 26.3 Å². The maximum absolute atomic E-state index is 9.02. The van der Waals surface area contributed by atoms with Crippen LogP contribution >= 0.6 is 0 Å². The Morgan fingerprint density at radius 3 is 1.94 bits per heavy atom. The largest absolute Gasteiger partial charge is 0.395 e. The van der Waals surface area contributed by atoms with E-state index in [9.17, 15) is 0 Å². The van der Waals surface area contributed by atoms with Crippen molar-refractivity contribution in [1.29, 1.82) is 0 Å². The first kappa shape index (κ1) is 16.8. The van der Waals surface area contributed by atoms with Crippen LogP contribution in [0.3, 0.4) is 0 Å². The molecule has 104 valence electrons. The van der Waals surface area contributed by atoms with E-state index in [0.717, 1.165) is 32.5 Å². The van der Waals surface area contributed by atoms with E-state index in [-0.39, 0.29) is 12.6 Å². The first-order valence-electron chi connectivity index (χ1n) is 6.83. The van der Waals surface area contributed by atoms with Crippen LogP contribution in [0.15, 0.2) is 0 Å². The van der Waals surface area contributed by atoms with Gasteiger partial charge in [0.1, 0.15) is 0 Å². The first-order valence-corrected chi connectivity index (χ1v) is 6.83. The van der Waals surface area contributed by atoms with Crippen molar-refractivity contribution in [2.45, 2.75) is 58.7 Å². The van der Waals surface area contributed by atoms with Gasteiger partial charge < -0.3 is 20.5 Å². The number of rotatable bonds is 11. The van der Waals surface area contributed by atoms with Gasteiger partial charge in [0.15, 0.2) is 0 Å². The summed E-state index contributed by atoms with van der Waals surface area (Å²) in [5, 5.41) is 15.8. The quantitative estimate of drug-likeness (QED) is 0.479. The third-order valence-corrected chi connectivity index (χ3v) is 2.83. The summed E-state index contributed by atoms with van der Waals surface area (Å²) >= 11 is 0. The van der Waals surface area contributed by atoms with Crippen LogP contribution in [0.5, 0.6) is 0 Å². The molecule has 3 N–H and O–H groups in total. The highest BCUT2D eigenvalue weighted by Gasteiger charge is 2.07. The fourth-order valence-electron chi connectivity index (χ4n) is 1.52. The Balaban J connectivity index is 3.55. The summed E-state index contributed by atoms with van der Waals surface area (Å²) in [6.45, 7) is 11.1. The molecule has 0 aliphatic carbocycles. The Hall–Kier alpha value is -0.160. The molecule has 0 heterocycles. The molecule has 0 amide bonds. The van der Waals surface area contributed by atoms with E-state index in [2.05, 4.69) is 38.3 Å². The van der Waals surface area contributed by atoms with Crippen LogP contribution < -0.4 is 10.6 Å². The number of nitrogens with one attached hydrogen (secondary N) is 2. The number of aliphatic hydroxyl groups excluding tert-OH is 1. The van der Waals surface area contributed by atoms with Gasteiger partial charge in [0.05, 0.1) is 19.3 Å². The lowest BCUT2D eigenvalue weighted by atomic mass is 10.2. The lowest BCUT2D eigenvalue weighted by Crippen LogP contribution is -2.41. The fraction of sp³-hybridized carbons (Fsp3) is 1.00. The minimum absolute atomic E-state index is 0.212. The molecule has 0 rings (SSSR count). The summed E-state index contributed by atoms with van der Waals surface area (Å²) in [6, 6.07) is 0.650. The zero-order valence-corrected chi connectivity index (χ0v) is 11.8. The molecule has 0 saturated carbocycles. The molecule has 0 spiro atoms. The van der Waals surface area contributed by atoms with E-state index in [1.165, 1.54) is 0 Å². The third kappa shape index (κ3) is 9.53. The van der Waals surface area contributed by atoms with Gasteiger partial charge in [-0.05, 0) is 26.7 Å². The van der Waals surface area contributed by atoms with E-state index in [0.29, 0.717) is 12.1 Å². The second kappa shape index (κ2) is 11.0. The predicted octanol–water partition coefficient (Wildman–Crippen LogP) is 1.14. The lowest BCUT2D eigenvalue weighted by Gasteiger charge is -2.20. The number of hydrogen-bond donors (Lipinski definition) is 3.